The van der Waals surface area contributed by atoms with Crippen LogP contribution in [0, 0.1) is 27.7 Å². The van der Waals surface area contributed by atoms with Gasteiger partial charge in [-0.2, -0.15) is 0 Å². The first-order valence-corrected chi connectivity index (χ1v) is 8.14. The van der Waals surface area contributed by atoms with Crippen LogP contribution in [0.2, 0.25) is 0 Å². The van der Waals surface area contributed by atoms with Crippen LogP contribution in [0.3, 0.4) is 0 Å². The maximum atomic E-state index is 4.81. The highest BCUT2D eigenvalue weighted by Crippen LogP contribution is 2.34. The largest absolute Gasteiger partial charge is 0.301 e. The Morgan fingerprint density at radius 2 is 1.80 bits per heavy atom. The summed E-state index contributed by atoms with van der Waals surface area (Å²) in [4.78, 5) is 6.13. The summed E-state index contributed by atoms with van der Waals surface area (Å²) in [6.07, 6.45) is 2.59. The van der Waals surface area contributed by atoms with Crippen molar-refractivity contribution < 1.29 is 0 Å². The minimum Gasteiger partial charge on any atom is -0.301 e. The molecule has 0 radical (unpaired) electrons. The van der Waals surface area contributed by atoms with Gasteiger partial charge in [0.1, 0.15) is 5.01 Å². The molecule has 0 aliphatic heterocycles. The first-order chi connectivity index (χ1) is 9.56. The van der Waals surface area contributed by atoms with Crippen molar-refractivity contribution in [3.8, 4) is 0 Å². The lowest BCUT2D eigenvalue weighted by Crippen LogP contribution is -2.25. The summed E-state index contributed by atoms with van der Waals surface area (Å²) in [5.41, 5.74) is 5.29. The second-order valence-electron chi connectivity index (χ2n) is 5.87. The maximum absolute atomic E-state index is 4.81. The summed E-state index contributed by atoms with van der Waals surface area (Å²) in [6, 6.07) is 7.47. The van der Waals surface area contributed by atoms with Gasteiger partial charge in [0.2, 0.25) is 0 Å². The van der Waals surface area contributed by atoms with Gasteiger partial charge in [-0.3, -0.25) is 0 Å². The molecule has 0 amide bonds. The summed E-state index contributed by atoms with van der Waals surface area (Å²) in [5.74, 6) is 0. The highest BCUT2D eigenvalue weighted by atomic mass is 32.1. The van der Waals surface area contributed by atoms with E-state index in [0.29, 0.717) is 6.04 Å². The van der Waals surface area contributed by atoms with Crippen LogP contribution >= 0.6 is 11.3 Å². The second-order valence-corrected chi connectivity index (χ2v) is 7.11. The van der Waals surface area contributed by atoms with Crippen LogP contribution in [0.1, 0.15) is 51.2 Å². The van der Waals surface area contributed by atoms with Crippen molar-refractivity contribution in [3.63, 3.8) is 0 Å². The fourth-order valence-corrected chi connectivity index (χ4v) is 3.66. The standard InChI is InChI=1S/C17H22N2S/c1-10-6-5-7-11(2)15(10)16(19-14-8-9-14)17-18-12(3)13(4)20-17/h5-7,14,16,19H,8-9H2,1-4H3. The average molecular weight is 286 g/mol. The molecular formula is C17H22N2S. The Morgan fingerprint density at radius 3 is 2.30 bits per heavy atom. The van der Waals surface area contributed by atoms with E-state index < -0.39 is 0 Å². The minimum atomic E-state index is 0.251. The van der Waals surface area contributed by atoms with Gasteiger partial charge in [0.15, 0.2) is 0 Å². The molecule has 106 valence electrons. The molecule has 1 fully saturated rings. The number of rotatable bonds is 4. The number of aryl methyl sites for hydroxylation is 4. The molecule has 1 N–H and O–H groups in total. The molecule has 1 aromatic heterocycles. The predicted octanol–water partition coefficient (Wildman–Crippen LogP) is 4.22. The normalized spacial score (nSPS) is 16.4. The highest BCUT2D eigenvalue weighted by Gasteiger charge is 2.29. The van der Waals surface area contributed by atoms with Gasteiger partial charge in [0.25, 0.3) is 0 Å². The Bertz CT molecular complexity index is 586. The first kappa shape index (κ1) is 13.8. The lowest BCUT2D eigenvalue weighted by molar-refractivity contribution is 0.592. The van der Waals surface area contributed by atoms with Crippen molar-refractivity contribution in [2.24, 2.45) is 0 Å². The molecule has 1 saturated carbocycles. The van der Waals surface area contributed by atoms with Gasteiger partial charge in [-0.1, -0.05) is 18.2 Å². The number of thiazole rings is 1. The first-order valence-electron chi connectivity index (χ1n) is 7.32. The Kier molecular flexibility index (Phi) is 3.65. The van der Waals surface area contributed by atoms with E-state index in [1.54, 1.807) is 0 Å². The van der Waals surface area contributed by atoms with Gasteiger partial charge >= 0.3 is 0 Å². The van der Waals surface area contributed by atoms with Crippen LogP contribution in [-0.2, 0) is 0 Å². The van der Waals surface area contributed by atoms with Crippen LogP contribution in [0.4, 0.5) is 0 Å². The lowest BCUT2D eigenvalue weighted by atomic mass is 9.96. The minimum absolute atomic E-state index is 0.251. The van der Waals surface area contributed by atoms with Crippen LogP contribution in [0.5, 0.6) is 0 Å². The molecule has 1 atom stereocenters. The predicted molar refractivity (Wildman–Crippen MR) is 85.5 cm³/mol. The SMILES string of the molecule is Cc1cccc(C)c1C(NC1CC1)c1nc(C)c(C)s1. The van der Waals surface area contributed by atoms with Crippen LogP contribution in [0.15, 0.2) is 18.2 Å². The molecule has 1 aliphatic rings. The van der Waals surface area contributed by atoms with E-state index in [-0.39, 0.29) is 6.04 Å². The fourth-order valence-electron chi connectivity index (χ4n) is 2.67. The molecule has 3 heteroatoms. The quantitative estimate of drug-likeness (QED) is 0.910. The smallest absolute Gasteiger partial charge is 0.115 e. The molecule has 0 bridgehead atoms. The maximum Gasteiger partial charge on any atom is 0.115 e. The average Bonchev–Trinajstić information content (AvgIpc) is 3.14. The van der Waals surface area contributed by atoms with Crippen molar-refractivity contribution in [2.75, 3.05) is 0 Å². The molecule has 1 unspecified atom stereocenters. The highest BCUT2D eigenvalue weighted by molar-refractivity contribution is 7.11. The van der Waals surface area contributed by atoms with E-state index in [2.05, 4.69) is 51.2 Å². The van der Waals surface area contributed by atoms with Crippen LogP contribution in [-0.4, -0.2) is 11.0 Å². The van der Waals surface area contributed by atoms with Crippen molar-refractivity contribution in [2.45, 2.75) is 52.6 Å². The van der Waals surface area contributed by atoms with E-state index in [9.17, 15) is 0 Å². The van der Waals surface area contributed by atoms with E-state index in [4.69, 9.17) is 4.98 Å². The van der Waals surface area contributed by atoms with E-state index in [1.807, 2.05) is 11.3 Å². The van der Waals surface area contributed by atoms with Gasteiger partial charge in [0.05, 0.1) is 11.7 Å². The van der Waals surface area contributed by atoms with Crippen molar-refractivity contribution >= 4 is 11.3 Å². The number of aromatic nitrogens is 1. The third kappa shape index (κ3) is 2.65. The van der Waals surface area contributed by atoms with Crippen molar-refractivity contribution in [3.05, 3.63) is 50.5 Å². The summed E-state index contributed by atoms with van der Waals surface area (Å²) < 4.78 is 0. The van der Waals surface area contributed by atoms with Gasteiger partial charge in [-0.25, -0.2) is 4.98 Å². The molecule has 1 aliphatic carbocycles. The fraction of sp³-hybridized carbons (Fsp3) is 0.471. The molecular weight excluding hydrogens is 264 g/mol. The van der Waals surface area contributed by atoms with E-state index in [0.717, 1.165) is 0 Å². The second kappa shape index (κ2) is 5.30. The number of benzene rings is 1. The van der Waals surface area contributed by atoms with Gasteiger partial charge < -0.3 is 5.32 Å². The summed E-state index contributed by atoms with van der Waals surface area (Å²) in [5, 5.41) is 5.01. The topological polar surface area (TPSA) is 24.9 Å². The molecule has 0 spiro atoms. The monoisotopic (exact) mass is 286 g/mol. The molecule has 20 heavy (non-hydrogen) atoms. The Balaban J connectivity index is 2.05. The zero-order valence-corrected chi connectivity index (χ0v) is 13.5. The van der Waals surface area contributed by atoms with Crippen LogP contribution < -0.4 is 5.32 Å². The molecule has 1 aromatic carbocycles. The summed E-state index contributed by atoms with van der Waals surface area (Å²) >= 11 is 1.83. The molecule has 1 heterocycles. The summed E-state index contributed by atoms with van der Waals surface area (Å²) in [7, 11) is 0. The van der Waals surface area contributed by atoms with Gasteiger partial charge in [-0.05, 0) is 57.2 Å². The number of nitrogens with zero attached hydrogens (tertiary/aromatic N) is 1. The zero-order valence-electron chi connectivity index (χ0n) is 12.7. The molecule has 3 rings (SSSR count). The molecule has 0 saturated heterocycles. The number of nitrogens with one attached hydrogen (secondary N) is 1. The number of hydrogen-bond acceptors (Lipinski definition) is 3. The van der Waals surface area contributed by atoms with Crippen molar-refractivity contribution in [1.82, 2.24) is 10.3 Å². The van der Waals surface area contributed by atoms with E-state index >= 15 is 0 Å². The molecule has 2 nitrogen and oxygen atoms in total. The molecule has 2 aromatic rings. The summed E-state index contributed by atoms with van der Waals surface area (Å²) in [6.45, 7) is 8.68. The van der Waals surface area contributed by atoms with Gasteiger partial charge in [-0.15, -0.1) is 11.3 Å². The van der Waals surface area contributed by atoms with Crippen molar-refractivity contribution in [1.29, 1.82) is 0 Å². The zero-order chi connectivity index (χ0) is 14.3. The Labute approximate surface area is 125 Å². The Morgan fingerprint density at radius 1 is 1.15 bits per heavy atom. The number of hydrogen-bond donors (Lipinski definition) is 1. The third-order valence-electron chi connectivity index (χ3n) is 4.10. The van der Waals surface area contributed by atoms with Crippen LogP contribution in [0.25, 0.3) is 0 Å². The Hall–Kier alpha value is -1.19. The van der Waals surface area contributed by atoms with E-state index in [1.165, 1.54) is 45.1 Å². The third-order valence-corrected chi connectivity index (χ3v) is 5.24. The van der Waals surface area contributed by atoms with Gasteiger partial charge in [0, 0.05) is 10.9 Å². The lowest BCUT2D eigenvalue weighted by Gasteiger charge is -2.21.